The Kier molecular flexibility index (Phi) is 4.10. The molecular formula is C14H14FNOS. The number of halogens is 1. The second kappa shape index (κ2) is 5.78. The topological polar surface area (TPSA) is 43.1 Å². The van der Waals surface area contributed by atoms with E-state index >= 15 is 0 Å². The van der Waals surface area contributed by atoms with Gasteiger partial charge in [-0.15, -0.1) is 0 Å². The van der Waals surface area contributed by atoms with Crippen molar-refractivity contribution < 1.29 is 8.60 Å². The van der Waals surface area contributed by atoms with Crippen LogP contribution in [0.15, 0.2) is 48.5 Å². The number of nitrogen functional groups attached to an aromatic ring is 1. The Bertz CT molecular complexity index is 557. The quantitative estimate of drug-likeness (QED) is 0.862. The monoisotopic (exact) mass is 263 g/mol. The average Bonchev–Trinajstić information content (AvgIpc) is 2.35. The Morgan fingerprint density at radius 2 is 1.67 bits per heavy atom. The van der Waals surface area contributed by atoms with Gasteiger partial charge in [0.15, 0.2) is 0 Å². The molecule has 0 aliphatic rings. The zero-order chi connectivity index (χ0) is 13.0. The molecule has 2 aromatic rings. The Labute approximate surface area is 108 Å². The Morgan fingerprint density at radius 1 is 1.00 bits per heavy atom. The smallest absolute Gasteiger partial charge is 0.146 e. The summed E-state index contributed by atoms with van der Waals surface area (Å²) in [5, 5.41) is 0. The van der Waals surface area contributed by atoms with Crippen LogP contribution in [-0.2, 0) is 22.3 Å². The highest BCUT2D eigenvalue weighted by atomic mass is 32.2. The first-order chi connectivity index (χ1) is 8.65. The maximum absolute atomic E-state index is 13.2. The zero-order valence-corrected chi connectivity index (χ0v) is 10.6. The summed E-state index contributed by atoms with van der Waals surface area (Å²) in [5.41, 5.74) is 7.24. The SMILES string of the molecule is Nc1ccc(CS(=O)Cc2ccccc2)cc1F. The van der Waals surface area contributed by atoms with Gasteiger partial charge in [0.05, 0.1) is 5.69 Å². The third-order valence-corrected chi connectivity index (χ3v) is 3.87. The standard InChI is InChI=1S/C14H14FNOS/c15-13-8-12(6-7-14(13)16)10-18(17)9-11-4-2-1-3-5-11/h1-8H,9-10,16H2. The van der Waals surface area contributed by atoms with E-state index in [0.717, 1.165) is 5.56 Å². The van der Waals surface area contributed by atoms with Gasteiger partial charge in [0, 0.05) is 22.3 Å². The Hall–Kier alpha value is -1.68. The first-order valence-electron chi connectivity index (χ1n) is 5.58. The fraction of sp³-hybridized carbons (Fsp3) is 0.143. The molecule has 1 atom stereocenters. The fourth-order valence-electron chi connectivity index (χ4n) is 1.66. The zero-order valence-electron chi connectivity index (χ0n) is 9.80. The van der Waals surface area contributed by atoms with E-state index in [2.05, 4.69) is 0 Å². The molecule has 2 rings (SSSR count). The van der Waals surface area contributed by atoms with Gasteiger partial charge in [0.2, 0.25) is 0 Å². The number of anilines is 1. The first-order valence-corrected chi connectivity index (χ1v) is 7.07. The van der Waals surface area contributed by atoms with E-state index in [0.29, 0.717) is 17.1 Å². The van der Waals surface area contributed by atoms with Gasteiger partial charge >= 0.3 is 0 Å². The van der Waals surface area contributed by atoms with Crippen LogP contribution in [0.4, 0.5) is 10.1 Å². The molecule has 0 bridgehead atoms. The van der Waals surface area contributed by atoms with Gasteiger partial charge in [0.1, 0.15) is 5.82 Å². The van der Waals surface area contributed by atoms with E-state index < -0.39 is 16.6 Å². The molecule has 18 heavy (non-hydrogen) atoms. The predicted octanol–water partition coefficient (Wildman–Crippen LogP) is 2.86. The summed E-state index contributed by atoms with van der Waals surface area (Å²) < 4.78 is 25.2. The van der Waals surface area contributed by atoms with Gasteiger partial charge < -0.3 is 5.73 Å². The van der Waals surface area contributed by atoms with Crippen LogP contribution in [0.25, 0.3) is 0 Å². The largest absolute Gasteiger partial charge is 0.396 e. The van der Waals surface area contributed by atoms with Crippen LogP contribution in [0.3, 0.4) is 0 Å². The van der Waals surface area contributed by atoms with Crippen molar-refractivity contribution in [1.82, 2.24) is 0 Å². The molecule has 4 heteroatoms. The van der Waals surface area contributed by atoms with Crippen LogP contribution < -0.4 is 5.73 Å². The van der Waals surface area contributed by atoms with Gasteiger partial charge in [-0.3, -0.25) is 4.21 Å². The van der Waals surface area contributed by atoms with E-state index in [1.54, 1.807) is 6.07 Å². The van der Waals surface area contributed by atoms with Crippen molar-refractivity contribution in [2.75, 3.05) is 5.73 Å². The van der Waals surface area contributed by atoms with Gasteiger partial charge in [-0.2, -0.15) is 0 Å². The predicted molar refractivity (Wildman–Crippen MR) is 72.8 cm³/mol. The van der Waals surface area contributed by atoms with E-state index in [1.807, 2.05) is 30.3 Å². The van der Waals surface area contributed by atoms with E-state index in [-0.39, 0.29) is 5.69 Å². The lowest BCUT2D eigenvalue weighted by Crippen LogP contribution is -2.00. The molecule has 2 aromatic carbocycles. The highest BCUT2D eigenvalue weighted by molar-refractivity contribution is 7.83. The second-order valence-corrected chi connectivity index (χ2v) is 5.53. The average molecular weight is 263 g/mol. The number of rotatable bonds is 4. The maximum Gasteiger partial charge on any atom is 0.146 e. The summed E-state index contributed by atoms with van der Waals surface area (Å²) in [7, 11) is -1.04. The molecular weight excluding hydrogens is 249 g/mol. The maximum atomic E-state index is 13.2. The molecule has 0 radical (unpaired) electrons. The van der Waals surface area contributed by atoms with Crippen molar-refractivity contribution in [3.05, 3.63) is 65.5 Å². The minimum absolute atomic E-state index is 0.118. The van der Waals surface area contributed by atoms with Gasteiger partial charge in [-0.05, 0) is 23.3 Å². The molecule has 0 heterocycles. The Balaban J connectivity index is 2.01. The van der Waals surface area contributed by atoms with Crippen molar-refractivity contribution in [3.8, 4) is 0 Å². The van der Waals surface area contributed by atoms with Crippen LogP contribution in [0, 0.1) is 5.82 Å². The van der Waals surface area contributed by atoms with Gasteiger partial charge in [-0.1, -0.05) is 36.4 Å². The van der Waals surface area contributed by atoms with Gasteiger partial charge in [-0.25, -0.2) is 4.39 Å². The molecule has 0 saturated heterocycles. The third-order valence-electron chi connectivity index (χ3n) is 2.56. The number of nitrogens with two attached hydrogens (primary N) is 1. The van der Waals surface area contributed by atoms with E-state index in [1.165, 1.54) is 12.1 Å². The van der Waals surface area contributed by atoms with Crippen molar-refractivity contribution in [2.45, 2.75) is 11.5 Å². The molecule has 2 N–H and O–H groups in total. The number of benzene rings is 2. The molecule has 0 aromatic heterocycles. The molecule has 0 fully saturated rings. The molecule has 0 aliphatic carbocycles. The third kappa shape index (κ3) is 3.40. The molecule has 0 saturated carbocycles. The lowest BCUT2D eigenvalue weighted by molar-refractivity contribution is 0.631. The minimum atomic E-state index is -1.04. The van der Waals surface area contributed by atoms with Crippen molar-refractivity contribution in [3.63, 3.8) is 0 Å². The van der Waals surface area contributed by atoms with Crippen LogP contribution in [0.5, 0.6) is 0 Å². The van der Waals surface area contributed by atoms with Crippen LogP contribution in [-0.4, -0.2) is 4.21 Å². The number of hydrogen-bond donors (Lipinski definition) is 1. The molecule has 0 amide bonds. The van der Waals surface area contributed by atoms with Crippen LogP contribution in [0.1, 0.15) is 11.1 Å². The summed E-state index contributed by atoms with van der Waals surface area (Å²) in [4.78, 5) is 0. The van der Waals surface area contributed by atoms with E-state index in [9.17, 15) is 8.60 Å². The van der Waals surface area contributed by atoms with Crippen molar-refractivity contribution in [2.24, 2.45) is 0 Å². The minimum Gasteiger partial charge on any atom is -0.396 e. The lowest BCUT2D eigenvalue weighted by Gasteiger charge is -2.04. The summed E-state index contributed by atoms with van der Waals surface area (Å²) in [6.07, 6.45) is 0. The van der Waals surface area contributed by atoms with Crippen LogP contribution in [0.2, 0.25) is 0 Å². The first kappa shape index (κ1) is 12.8. The lowest BCUT2D eigenvalue weighted by atomic mass is 10.2. The summed E-state index contributed by atoms with van der Waals surface area (Å²) in [5.74, 6) is 0.364. The molecule has 0 spiro atoms. The van der Waals surface area contributed by atoms with Crippen LogP contribution >= 0.6 is 0 Å². The molecule has 2 nitrogen and oxygen atoms in total. The summed E-state index contributed by atoms with van der Waals surface area (Å²) in [6, 6.07) is 14.2. The molecule has 0 aliphatic heterocycles. The summed E-state index contributed by atoms with van der Waals surface area (Å²) in [6.45, 7) is 0. The number of hydrogen-bond acceptors (Lipinski definition) is 2. The normalized spacial score (nSPS) is 12.3. The molecule has 94 valence electrons. The summed E-state index contributed by atoms with van der Waals surface area (Å²) >= 11 is 0. The molecule has 1 unspecified atom stereocenters. The van der Waals surface area contributed by atoms with E-state index in [4.69, 9.17) is 5.73 Å². The van der Waals surface area contributed by atoms with Crippen molar-refractivity contribution in [1.29, 1.82) is 0 Å². The highest BCUT2D eigenvalue weighted by Crippen LogP contribution is 2.14. The highest BCUT2D eigenvalue weighted by Gasteiger charge is 2.05. The Morgan fingerprint density at radius 3 is 2.33 bits per heavy atom. The second-order valence-electron chi connectivity index (χ2n) is 4.07. The fourth-order valence-corrected chi connectivity index (χ4v) is 2.88. The van der Waals surface area contributed by atoms with Gasteiger partial charge in [0.25, 0.3) is 0 Å². The van der Waals surface area contributed by atoms with Crippen molar-refractivity contribution >= 4 is 16.5 Å².